The van der Waals surface area contributed by atoms with Gasteiger partial charge in [0.25, 0.3) is 0 Å². The Morgan fingerprint density at radius 1 is 1.47 bits per heavy atom. The number of rotatable bonds is 7. The lowest BCUT2D eigenvalue weighted by Crippen LogP contribution is -2.25. The fourth-order valence-electron chi connectivity index (χ4n) is 1.64. The van der Waals surface area contributed by atoms with Gasteiger partial charge >= 0.3 is 5.97 Å². The van der Waals surface area contributed by atoms with Gasteiger partial charge in [0.15, 0.2) is 0 Å². The summed E-state index contributed by atoms with van der Waals surface area (Å²) in [4.78, 5) is 10.5. The quantitative estimate of drug-likeness (QED) is 0.761. The molecule has 1 aromatic carbocycles. The maximum atomic E-state index is 10.5. The monoisotopic (exact) mass is 299 g/mol. The van der Waals surface area contributed by atoms with E-state index in [1.807, 2.05) is 25.1 Å². The molecular formula is C13H18BrNO2. The number of carboxylic acid groups (broad SMARTS) is 1. The number of carboxylic acids is 1. The van der Waals surface area contributed by atoms with Crippen LogP contribution in [0.4, 0.5) is 0 Å². The number of benzene rings is 1. The first kappa shape index (κ1) is 14.2. The highest BCUT2D eigenvalue weighted by Crippen LogP contribution is 2.15. The molecule has 4 heteroatoms. The molecule has 17 heavy (non-hydrogen) atoms. The van der Waals surface area contributed by atoms with E-state index in [-0.39, 0.29) is 12.3 Å². The van der Waals surface area contributed by atoms with Crippen molar-refractivity contribution in [2.45, 2.75) is 19.8 Å². The third kappa shape index (κ3) is 5.84. The minimum absolute atomic E-state index is 0.173. The van der Waals surface area contributed by atoms with E-state index in [0.717, 1.165) is 24.0 Å². The largest absolute Gasteiger partial charge is 0.481 e. The second kappa shape index (κ2) is 7.45. The first-order valence-corrected chi connectivity index (χ1v) is 6.55. The lowest BCUT2D eigenvalue weighted by atomic mass is 10.1. The number of hydrogen-bond acceptors (Lipinski definition) is 2. The Kier molecular flexibility index (Phi) is 6.22. The minimum Gasteiger partial charge on any atom is -0.481 e. The zero-order chi connectivity index (χ0) is 12.7. The van der Waals surface area contributed by atoms with Crippen LogP contribution in [0.2, 0.25) is 0 Å². The summed E-state index contributed by atoms with van der Waals surface area (Å²) in [6, 6.07) is 8.14. The lowest BCUT2D eigenvalue weighted by Gasteiger charge is -2.10. The maximum Gasteiger partial charge on any atom is 0.303 e. The summed E-state index contributed by atoms with van der Waals surface area (Å²) in [7, 11) is 0. The Hall–Kier alpha value is -0.870. The first-order valence-electron chi connectivity index (χ1n) is 5.75. The molecule has 1 unspecified atom stereocenters. The number of nitrogens with one attached hydrogen (secondary N) is 1. The van der Waals surface area contributed by atoms with Gasteiger partial charge in [-0.2, -0.15) is 0 Å². The van der Waals surface area contributed by atoms with E-state index in [1.54, 1.807) is 0 Å². The Morgan fingerprint density at radius 3 is 2.82 bits per heavy atom. The molecule has 1 rings (SSSR count). The molecule has 0 spiro atoms. The van der Waals surface area contributed by atoms with Gasteiger partial charge in [-0.15, -0.1) is 0 Å². The molecule has 0 aliphatic rings. The summed E-state index contributed by atoms with van der Waals surface area (Å²) in [6.45, 7) is 3.56. The fourth-order valence-corrected chi connectivity index (χ4v) is 2.13. The molecule has 0 aliphatic heterocycles. The van der Waals surface area contributed by atoms with Crippen LogP contribution in [0.15, 0.2) is 28.7 Å². The van der Waals surface area contributed by atoms with Crippen LogP contribution in [0.3, 0.4) is 0 Å². The van der Waals surface area contributed by atoms with Gasteiger partial charge in [0.1, 0.15) is 0 Å². The smallest absolute Gasteiger partial charge is 0.303 e. The molecule has 0 bridgehead atoms. The van der Waals surface area contributed by atoms with Gasteiger partial charge in [0, 0.05) is 10.9 Å². The SMILES string of the molecule is CC(CNCCc1ccccc1Br)CC(=O)O. The number of aliphatic carboxylic acids is 1. The molecule has 0 aliphatic carbocycles. The molecule has 2 N–H and O–H groups in total. The Bertz CT molecular complexity index is 368. The molecule has 1 aromatic rings. The van der Waals surface area contributed by atoms with E-state index in [9.17, 15) is 4.79 Å². The van der Waals surface area contributed by atoms with Gasteiger partial charge < -0.3 is 10.4 Å². The number of hydrogen-bond donors (Lipinski definition) is 2. The van der Waals surface area contributed by atoms with Gasteiger partial charge in [0.05, 0.1) is 0 Å². The third-order valence-electron chi connectivity index (χ3n) is 2.54. The van der Waals surface area contributed by atoms with Crippen molar-refractivity contribution in [1.82, 2.24) is 5.32 Å². The number of carbonyl (C=O) groups is 1. The van der Waals surface area contributed by atoms with Crippen molar-refractivity contribution in [3.63, 3.8) is 0 Å². The van der Waals surface area contributed by atoms with Crippen LogP contribution in [-0.4, -0.2) is 24.2 Å². The normalized spacial score (nSPS) is 12.4. The van der Waals surface area contributed by atoms with Crippen LogP contribution < -0.4 is 5.32 Å². The average molecular weight is 300 g/mol. The summed E-state index contributed by atoms with van der Waals surface area (Å²) >= 11 is 3.50. The van der Waals surface area contributed by atoms with Gasteiger partial charge in [-0.1, -0.05) is 41.1 Å². The second-order valence-corrected chi connectivity index (χ2v) is 5.10. The Morgan fingerprint density at radius 2 is 2.18 bits per heavy atom. The van der Waals surface area contributed by atoms with Crippen LogP contribution in [0.5, 0.6) is 0 Å². The lowest BCUT2D eigenvalue weighted by molar-refractivity contribution is -0.137. The third-order valence-corrected chi connectivity index (χ3v) is 3.32. The van der Waals surface area contributed by atoms with Crippen molar-refractivity contribution in [2.24, 2.45) is 5.92 Å². The molecule has 0 heterocycles. The summed E-state index contributed by atoms with van der Waals surface area (Å²) in [5.74, 6) is -0.559. The van der Waals surface area contributed by atoms with E-state index < -0.39 is 5.97 Å². The highest BCUT2D eigenvalue weighted by atomic mass is 79.9. The van der Waals surface area contributed by atoms with Crippen LogP contribution in [0.1, 0.15) is 18.9 Å². The molecule has 0 aromatic heterocycles. The van der Waals surface area contributed by atoms with Crippen molar-refractivity contribution in [1.29, 1.82) is 0 Å². The molecule has 1 atom stereocenters. The standard InChI is InChI=1S/C13H18BrNO2/c1-10(8-13(16)17)9-15-7-6-11-4-2-3-5-12(11)14/h2-5,10,15H,6-9H2,1H3,(H,16,17). The second-order valence-electron chi connectivity index (χ2n) is 4.25. The summed E-state index contributed by atoms with van der Waals surface area (Å²) in [6.07, 6.45) is 1.17. The summed E-state index contributed by atoms with van der Waals surface area (Å²) in [5, 5.41) is 11.9. The predicted molar refractivity (Wildman–Crippen MR) is 72.1 cm³/mol. The summed E-state index contributed by atoms with van der Waals surface area (Å²) in [5.41, 5.74) is 1.27. The van der Waals surface area contributed by atoms with Crippen molar-refractivity contribution in [3.8, 4) is 0 Å². The van der Waals surface area contributed by atoms with Gasteiger partial charge in [-0.3, -0.25) is 4.79 Å². The molecule has 0 radical (unpaired) electrons. The van der Waals surface area contributed by atoms with Crippen molar-refractivity contribution < 1.29 is 9.90 Å². The molecule has 0 fully saturated rings. The van der Waals surface area contributed by atoms with Crippen LogP contribution in [0.25, 0.3) is 0 Å². The van der Waals surface area contributed by atoms with Crippen LogP contribution in [-0.2, 0) is 11.2 Å². The topological polar surface area (TPSA) is 49.3 Å². The Balaban J connectivity index is 2.20. The van der Waals surface area contributed by atoms with E-state index >= 15 is 0 Å². The minimum atomic E-state index is -0.731. The molecule has 0 saturated carbocycles. The van der Waals surface area contributed by atoms with E-state index in [2.05, 4.69) is 27.3 Å². The Labute approximate surface area is 110 Å². The van der Waals surface area contributed by atoms with Crippen molar-refractivity contribution in [3.05, 3.63) is 34.3 Å². The van der Waals surface area contributed by atoms with Crippen molar-refractivity contribution in [2.75, 3.05) is 13.1 Å². The molecular weight excluding hydrogens is 282 g/mol. The zero-order valence-corrected chi connectivity index (χ0v) is 11.5. The predicted octanol–water partition coefficient (Wildman–Crippen LogP) is 2.69. The zero-order valence-electron chi connectivity index (χ0n) is 9.95. The van der Waals surface area contributed by atoms with E-state index in [1.165, 1.54) is 5.56 Å². The number of halogens is 1. The fraction of sp³-hybridized carbons (Fsp3) is 0.462. The van der Waals surface area contributed by atoms with E-state index in [4.69, 9.17) is 5.11 Å². The highest BCUT2D eigenvalue weighted by Gasteiger charge is 2.06. The average Bonchev–Trinajstić information content (AvgIpc) is 2.25. The molecule has 0 saturated heterocycles. The maximum absolute atomic E-state index is 10.5. The van der Waals surface area contributed by atoms with Gasteiger partial charge in [-0.05, 0) is 37.1 Å². The highest BCUT2D eigenvalue weighted by molar-refractivity contribution is 9.10. The van der Waals surface area contributed by atoms with Crippen LogP contribution >= 0.6 is 15.9 Å². The molecule has 0 amide bonds. The van der Waals surface area contributed by atoms with E-state index in [0.29, 0.717) is 0 Å². The van der Waals surface area contributed by atoms with Crippen molar-refractivity contribution >= 4 is 21.9 Å². The van der Waals surface area contributed by atoms with Gasteiger partial charge in [-0.25, -0.2) is 0 Å². The first-order chi connectivity index (χ1) is 8.09. The van der Waals surface area contributed by atoms with Gasteiger partial charge in [0.2, 0.25) is 0 Å². The molecule has 3 nitrogen and oxygen atoms in total. The summed E-state index contributed by atoms with van der Waals surface area (Å²) < 4.78 is 1.13. The molecule has 94 valence electrons. The van der Waals surface area contributed by atoms with Crippen LogP contribution in [0, 0.1) is 5.92 Å².